The number of amidine groups is 1. The van der Waals surface area contributed by atoms with Gasteiger partial charge in [0.2, 0.25) is 0 Å². The first-order valence-electron chi connectivity index (χ1n) is 7.58. The molecule has 4 rings (SSSR count). The highest BCUT2D eigenvalue weighted by molar-refractivity contribution is 8.14. The number of nitrogens with zero attached hydrogens (tertiary/aromatic N) is 3. The fourth-order valence-corrected chi connectivity index (χ4v) is 3.70. The number of thioether (sulfide) groups is 1. The van der Waals surface area contributed by atoms with Crippen LogP contribution in [0.5, 0.6) is 5.75 Å². The van der Waals surface area contributed by atoms with Crippen molar-refractivity contribution >= 4 is 39.6 Å². The van der Waals surface area contributed by atoms with Gasteiger partial charge >= 0.3 is 0 Å². The molecule has 0 atom stereocenters. The van der Waals surface area contributed by atoms with E-state index in [1.165, 1.54) is 34.9 Å². The van der Waals surface area contributed by atoms with Crippen molar-refractivity contribution in [3.05, 3.63) is 54.1 Å². The van der Waals surface area contributed by atoms with E-state index in [9.17, 15) is 14.3 Å². The molecule has 0 bridgehead atoms. The zero-order valence-electron chi connectivity index (χ0n) is 12.9. The van der Waals surface area contributed by atoms with Crippen LogP contribution < -0.4 is 4.90 Å². The van der Waals surface area contributed by atoms with Crippen LogP contribution in [-0.4, -0.2) is 38.4 Å². The molecule has 126 valence electrons. The zero-order chi connectivity index (χ0) is 17.4. The smallest absolute Gasteiger partial charge is 0.281 e. The van der Waals surface area contributed by atoms with Gasteiger partial charge in [-0.15, -0.1) is 0 Å². The van der Waals surface area contributed by atoms with Gasteiger partial charge in [-0.3, -0.25) is 4.79 Å². The van der Waals surface area contributed by atoms with Crippen molar-refractivity contribution in [3.8, 4) is 5.75 Å². The molecule has 25 heavy (non-hydrogen) atoms. The fourth-order valence-electron chi connectivity index (χ4n) is 2.75. The highest BCUT2D eigenvalue weighted by Gasteiger charge is 2.27. The van der Waals surface area contributed by atoms with E-state index >= 15 is 0 Å². The third-order valence-electron chi connectivity index (χ3n) is 3.89. The fraction of sp³-hybridized carbons (Fsp3) is 0.118. The topological polar surface area (TPSA) is 81.6 Å². The van der Waals surface area contributed by atoms with Crippen LogP contribution >= 0.6 is 11.8 Å². The number of nitrogens with one attached hydrogen (secondary N) is 1. The van der Waals surface area contributed by atoms with Gasteiger partial charge < -0.3 is 15.0 Å². The van der Waals surface area contributed by atoms with Crippen molar-refractivity contribution < 1.29 is 14.3 Å². The summed E-state index contributed by atoms with van der Waals surface area (Å²) in [4.78, 5) is 25.3. The summed E-state index contributed by atoms with van der Waals surface area (Å²) in [6, 6.07) is 7.63. The number of hydrogen-bond acceptors (Lipinski definition) is 4. The van der Waals surface area contributed by atoms with E-state index in [0.29, 0.717) is 34.1 Å². The number of aromatic hydroxyl groups is 1. The molecular weight excluding hydrogens is 343 g/mol. The molecule has 6 nitrogen and oxygen atoms in total. The first kappa shape index (κ1) is 15.6. The number of aromatic amines is 1. The number of para-hydroxylation sites is 1. The maximum Gasteiger partial charge on any atom is 0.281 e. The lowest BCUT2D eigenvalue weighted by Crippen LogP contribution is -2.25. The second-order valence-electron chi connectivity index (χ2n) is 5.41. The average molecular weight is 356 g/mol. The van der Waals surface area contributed by atoms with Crippen LogP contribution in [-0.2, 0) is 0 Å². The molecule has 1 aromatic carbocycles. The van der Waals surface area contributed by atoms with Gasteiger partial charge in [0, 0.05) is 30.1 Å². The third kappa shape index (κ3) is 2.74. The Hall–Kier alpha value is -2.87. The molecule has 1 fully saturated rings. The molecule has 8 heteroatoms. The van der Waals surface area contributed by atoms with Crippen LogP contribution in [0.2, 0.25) is 0 Å². The number of phenols is 1. The number of halogens is 1. The highest BCUT2D eigenvalue weighted by Crippen LogP contribution is 2.35. The molecule has 0 aliphatic carbocycles. The molecule has 3 heterocycles. The van der Waals surface area contributed by atoms with Crippen molar-refractivity contribution in [2.45, 2.75) is 0 Å². The van der Waals surface area contributed by atoms with Crippen molar-refractivity contribution in [3.63, 3.8) is 0 Å². The van der Waals surface area contributed by atoms with E-state index in [2.05, 4.69) is 15.0 Å². The number of phenolic OH excluding ortho intramolecular Hbond substituents is 1. The Kier molecular flexibility index (Phi) is 3.89. The van der Waals surface area contributed by atoms with Gasteiger partial charge in [0.25, 0.3) is 5.91 Å². The number of aromatic nitrogens is 2. The molecule has 0 radical (unpaired) electrons. The van der Waals surface area contributed by atoms with Crippen molar-refractivity contribution in [1.29, 1.82) is 0 Å². The lowest BCUT2D eigenvalue weighted by atomic mass is 10.2. The second-order valence-corrected chi connectivity index (χ2v) is 6.47. The molecule has 3 aromatic rings. The van der Waals surface area contributed by atoms with Gasteiger partial charge in [-0.05, 0) is 24.3 Å². The summed E-state index contributed by atoms with van der Waals surface area (Å²) < 4.78 is 14.1. The van der Waals surface area contributed by atoms with E-state index in [1.807, 2.05) is 0 Å². The SMILES string of the molecule is O=C(/N=C1\SCCN1c1c(O)cccc1F)c1c[nH]c2ncccc12. The van der Waals surface area contributed by atoms with Gasteiger partial charge in [0.05, 0.1) is 5.56 Å². The van der Waals surface area contributed by atoms with Crippen molar-refractivity contribution in [2.75, 3.05) is 17.2 Å². The molecule has 1 amide bonds. The van der Waals surface area contributed by atoms with Crippen molar-refractivity contribution in [2.24, 2.45) is 4.99 Å². The predicted molar refractivity (Wildman–Crippen MR) is 95.7 cm³/mol. The van der Waals surface area contributed by atoms with Gasteiger partial charge in [-0.25, -0.2) is 9.37 Å². The Morgan fingerprint density at radius 3 is 3.08 bits per heavy atom. The van der Waals surface area contributed by atoms with Gasteiger partial charge in [-0.2, -0.15) is 4.99 Å². The maximum atomic E-state index is 14.1. The van der Waals surface area contributed by atoms with Crippen LogP contribution in [0.15, 0.2) is 47.7 Å². The molecule has 1 saturated heterocycles. The molecule has 0 unspecified atom stereocenters. The number of pyridine rings is 1. The molecule has 2 aromatic heterocycles. The summed E-state index contributed by atoms with van der Waals surface area (Å²) >= 11 is 1.35. The van der Waals surface area contributed by atoms with E-state index in [-0.39, 0.29) is 11.4 Å². The Bertz CT molecular complexity index is 981. The monoisotopic (exact) mass is 356 g/mol. The van der Waals surface area contributed by atoms with E-state index in [4.69, 9.17) is 0 Å². The molecule has 1 aliphatic heterocycles. The first-order chi connectivity index (χ1) is 12.1. The van der Waals surface area contributed by atoms with E-state index < -0.39 is 11.7 Å². The van der Waals surface area contributed by atoms with Crippen molar-refractivity contribution in [1.82, 2.24) is 9.97 Å². The second kappa shape index (κ2) is 6.21. The molecule has 0 saturated carbocycles. The number of rotatable bonds is 2. The number of H-pyrrole nitrogens is 1. The summed E-state index contributed by atoms with van der Waals surface area (Å²) in [5.74, 6) is -0.530. The lowest BCUT2D eigenvalue weighted by Gasteiger charge is -2.19. The number of carbonyl (C=O) groups is 1. The van der Waals surface area contributed by atoms with E-state index in [0.717, 1.165) is 0 Å². The summed E-state index contributed by atoms with van der Waals surface area (Å²) in [7, 11) is 0. The number of carbonyl (C=O) groups excluding carboxylic acids is 1. The number of benzene rings is 1. The lowest BCUT2D eigenvalue weighted by molar-refractivity contribution is 0.100. The third-order valence-corrected chi connectivity index (χ3v) is 4.85. The standard InChI is InChI=1S/C17H13FN4O2S/c18-12-4-1-5-13(23)14(12)22-7-8-25-17(22)21-16(24)11-9-20-15-10(11)3-2-6-19-15/h1-6,9,23H,7-8H2,(H,19,20)/b21-17-. The minimum Gasteiger partial charge on any atom is -0.506 e. The van der Waals surface area contributed by atoms with Crippen LogP contribution in [0.1, 0.15) is 10.4 Å². The summed E-state index contributed by atoms with van der Waals surface area (Å²) in [6.45, 7) is 0.459. The van der Waals surface area contributed by atoms with Gasteiger partial charge in [0.1, 0.15) is 17.1 Å². The number of aliphatic imine (C=N–C) groups is 1. The van der Waals surface area contributed by atoms with Gasteiger partial charge in [-0.1, -0.05) is 17.8 Å². The Labute approximate surface area is 146 Å². The van der Waals surface area contributed by atoms with E-state index in [1.54, 1.807) is 24.5 Å². The Morgan fingerprint density at radius 1 is 1.36 bits per heavy atom. The number of hydrogen-bond donors (Lipinski definition) is 2. The molecule has 1 aliphatic rings. The Morgan fingerprint density at radius 2 is 2.24 bits per heavy atom. The van der Waals surface area contributed by atoms with Crippen LogP contribution in [0, 0.1) is 5.82 Å². The Balaban J connectivity index is 1.71. The van der Waals surface area contributed by atoms with Gasteiger partial charge in [0.15, 0.2) is 11.0 Å². The highest BCUT2D eigenvalue weighted by atomic mass is 32.2. The number of anilines is 1. The molecule has 0 spiro atoms. The summed E-state index contributed by atoms with van der Waals surface area (Å²) in [6.07, 6.45) is 3.20. The maximum absolute atomic E-state index is 14.1. The first-order valence-corrected chi connectivity index (χ1v) is 8.56. The molecule has 2 N–H and O–H groups in total. The quantitative estimate of drug-likeness (QED) is 0.737. The summed E-state index contributed by atoms with van der Waals surface area (Å²) in [5, 5.41) is 11.0. The number of amides is 1. The van der Waals surface area contributed by atoms with Crippen LogP contribution in [0.3, 0.4) is 0 Å². The zero-order valence-corrected chi connectivity index (χ0v) is 13.8. The normalized spacial score (nSPS) is 16.0. The minimum absolute atomic E-state index is 0.0413. The minimum atomic E-state index is -0.557. The molecular formula is C17H13FN4O2S. The largest absolute Gasteiger partial charge is 0.506 e. The predicted octanol–water partition coefficient (Wildman–Crippen LogP) is 3.16. The van der Waals surface area contributed by atoms with Crippen LogP contribution in [0.4, 0.5) is 10.1 Å². The average Bonchev–Trinajstić information content (AvgIpc) is 3.22. The van der Waals surface area contributed by atoms with Crippen LogP contribution in [0.25, 0.3) is 11.0 Å². The summed E-state index contributed by atoms with van der Waals surface area (Å²) in [5.41, 5.74) is 1.05. The number of fused-ring (bicyclic) bond motifs is 1.